The van der Waals surface area contributed by atoms with E-state index in [0.717, 1.165) is 29.3 Å². The molecule has 0 spiro atoms. The summed E-state index contributed by atoms with van der Waals surface area (Å²) < 4.78 is 12.7. The molecule has 0 radical (unpaired) electrons. The summed E-state index contributed by atoms with van der Waals surface area (Å²) in [4.78, 5) is 0. The van der Waals surface area contributed by atoms with Crippen LogP contribution in [0.1, 0.15) is 35.4 Å². The fourth-order valence-corrected chi connectivity index (χ4v) is 5.11. The Bertz CT molecular complexity index is 1390. The van der Waals surface area contributed by atoms with Gasteiger partial charge in [-0.15, -0.1) is 16.4 Å². The number of rotatable bonds is 8. The van der Waals surface area contributed by atoms with Gasteiger partial charge in [0.15, 0.2) is 0 Å². The maximum atomic E-state index is 6.11. The SMILES string of the molecule is COc1ccc(-c2csc3ccc(COc4ccc([C@@H](C)Cc5nnn[nH]5)cc4)cc23)c(C)c1. The Labute approximate surface area is 202 Å². The lowest BCUT2D eigenvalue weighted by atomic mass is 9.97. The van der Waals surface area contributed by atoms with Crippen LogP contribution in [0.4, 0.5) is 0 Å². The van der Waals surface area contributed by atoms with E-state index in [9.17, 15) is 0 Å². The fourth-order valence-electron chi connectivity index (χ4n) is 4.17. The summed E-state index contributed by atoms with van der Waals surface area (Å²) in [5, 5.41) is 17.6. The van der Waals surface area contributed by atoms with E-state index in [1.807, 2.05) is 18.2 Å². The Morgan fingerprint density at radius 3 is 2.53 bits per heavy atom. The average molecular weight is 471 g/mol. The molecule has 2 heterocycles. The molecule has 0 aliphatic rings. The van der Waals surface area contributed by atoms with Crippen LogP contribution in [0.2, 0.25) is 0 Å². The third-order valence-electron chi connectivity index (χ3n) is 6.11. The molecule has 34 heavy (non-hydrogen) atoms. The molecule has 0 saturated heterocycles. The number of hydrogen-bond acceptors (Lipinski definition) is 6. The molecular formula is C27H26N4O2S. The molecule has 0 saturated carbocycles. The van der Waals surface area contributed by atoms with E-state index >= 15 is 0 Å². The molecule has 0 aliphatic heterocycles. The second kappa shape index (κ2) is 9.65. The predicted octanol–water partition coefficient (Wildman–Crippen LogP) is 6.32. The Morgan fingerprint density at radius 1 is 0.971 bits per heavy atom. The molecule has 5 rings (SSSR count). The first-order valence-corrected chi connectivity index (χ1v) is 12.1. The van der Waals surface area contributed by atoms with Crippen molar-refractivity contribution in [2.45, 2.75) is 32.8 Å². The zero-order valence-electron chi connectivity index (χ0n) is 19.4. The van der Waals surface area contributed by atoms with Crippen molar-refractivity contribution in [1.29, 1.82) is 0 Å². The van der Waals surface area contributed by atoms with E-state index in [1.54, 1.807) is 18.4 Å². The molecule has 0 bridgehead atoms. The van der Waals surface area contributed by atoms with E-state index < -0.39 is 0 Å². The number of aromatic nitrogens is 4. The van der Waals surface area contributed by atoms with Gasteiger partial charge < -0.3 is 9.47 Å². The Kier molecular flexibility index (Phi) is 6.27. The summed E-state index contributed by atoms with van der Waals surface area (Å²) in [6.07, 6.45) is 0.768. The van der Waals surface area contributed by atoms with E-state index in [-0.39, 0.29) is 0 Å². The Balaban J connectivity index is 1.29. The number of aromatic amines is 1. The van der Waals surface area contributed by atoms with Crippen LogP contribution in [-0.2, 0) is 13.0 Å². The highest BCUT2D eigenvalue weighted by molar-refractivity contribution is 7.17. The standard InChI is InChI=1S/C27H26N4O2S/c1-17(13-27-28-30-31-29-27)20-5-7-21(8-6-20)33-15-19-4-11-26-24(14-19)25(16-34-26)23-10-9-22(32-3)12-18(23)2/h4-12,14,16-17H,13,15H2,1-3H3,(H,28,29,30,31)/t17-/m0/s1. The quantitative estimate of drug-likeness (QED) is 0.287. The molecule has 5 aromatic rings. The number of thiophene rings is 1. The molecule has 0 aliphatic carbocycles. The molecule has 0 unspecified atom stereocenters. The number of aryl methyl sites for hydroxylation is 1. The van der Waals surface area contributed by atoms with Crippen LogP contribution in [0.5, 0.6) is 11.5 Å². The number of methoxy groups -OCH3 is 1. The summed E-state index contributed by atoms with van der Waals surface area (Å²) in [6.45, 7) is 4.81. The summed E-state index contributed by atoms with van der Waals surface area (Å²) in [5.74, 6) is 2.84. The van der Waals surface area contributed by atoms with Crippen molar-refractivity contribution in [1.82, 2.24) is 20.6 Å². The molecule has 1 N–H and O–H groups in total. The molecule has 0 fully saturated rings. The number of H-pyrrole nitrogens is 1. The van der Waals surface area contributed by atoms with Crippen LogP contribution in [0.25, 0.3) is 21.2 Å². The van der Waals surface area contributed by atoms with Crippen LogP contribution in [0.3, 0.4) is 0 Å². The van der Waals surface area contributed by atoms with Gasteiger partial charge in [0, 0.05) is 22.1 Å². The van der Waals surface area contributed by atoms with Crippen molar-refractivity contribution in [2.24, 2.45) is 0 Å². The lowest BCUT2D eigenvalue weighted by Gasteiger charge is -2.12. The highest BCUT2D eigenvalue weighted by Crippen LogP contribution is 2.37. The van der Waals surface area contributed by atoms with Crippen molar-refractivity contribution in [3.8, 4) is 22.6 Å². The lowest BCUT2D eigenvalue weighted by Crippen LogP contribution is -2.01. The van der Waals surface area contributed by atoms with Gasteiger partial charge in [-0.2, -0.15) is 0 Å². The van der Waals surface area contributed by atoms with Gasteiger partial charge in [-0.1, -0.05) is 31.2 Å². The van der Waals surface area contributed by atoms with Crippen LogP contribution in [0.15, 0.2) is 66.0 Å². The number of hydrogen-bond donors (Lipinski definition) is 1. The largest absolute Gasteiger partial charge is 0.497 e. The van der Waals surface area contributed by atoms with Gasteiger partial charge >= 0.3 is 0 Å². The normalized spacial score (nSPS) is 12.1. The summed E-state index contributed by atoms with van der Waals surface area (Å²) in [6, 6.07) is 21.1. The second-order valence-electron chi connectivity index (χ2n) is 8.47. The number of nitrogens with one attached hydrogen (secondary N) is 1. The van der Waals surface area contributed by atoms with E-state index in [0.29, 0.717) is 12.5 Å². The first-order valence-electron chi connectivity index (χ1n) is 11.2. The number of benzene rings is 3. The van der Waals surface area contributed by atoms with Gasteiger partial charge in [0.25, 0.3) is 0 Å². The average Bonchev–Trinajstić information content (AvgIpc) is 3.52. The zero-order valence-corrected chi connectivity index (χ0v) is 20.2. The molecule has 6 nitrogen and oxygen atoms in total. The van der Waals surface area contributed by atoms with Gasteiger partial charge in [0.05, 0.1) is 7.11 Å². The van der Waals surface area contributed by atoms with E-state index in [4.69, 9.17) is 9.47 Å². The van der Waals surface area contributed by atoms with Crippen molar-refractivity contribution < 1.29 is 9.47 Å². The van der Waals surface area contributed by atoms with Gasteiger partial charge in [-0.05, 0) is 87.3 Å². The number of tetrazole rings is 1. The van der Waals surface area contributed by atoms with E-state index in [1.165, 1.54) is 32.3 Å². The minimum absolute atomic E-state index is 0.310. The first kappa shape index (κ1) is 22.1. The molecule has 0 amide bonds. The van der Waals surface area contributed by atoms with Crippen molar-refractivity contribution in [3.05, 3.63) is 88.6 Å². The highest BCUT2D eigenvalue weighted by Gasteiger charge is 2.12. The van der Waals surface area contributed by atoms with Crippen molar-refractivity contribution in [3.63, 3.8) is 0 Å². The van der Waals surface area contributed by atoms with E-state index in [2.05, 4.69) is 82.3 Å². The molecule has 3 aromatic carbocycles. The monoisotopic (exact) mass is 470 g/mol. The lowest BCUT2D eigenvalue weighted by molar-refractivity contribution is 0.306. The maximum Gasteiger partial charge on any atom is 0.149 e. The minimum atomic E-state index is 0.310. The Morgan fingerprint density at radius 2 is 1.79 bits per heavy atom. The van der Waals surface area contributed by atoms with Crippen LogP contribution in [-0.4, -0.2) is 27.7 Å². The molecular weight excluding hydrogens is 444 g/mol. The van der Waals surface area contributed by atoms with Crippen molar-refractivity contribution >= 4 is 21.4 Å². The van der Waals surface area contributed by atoms with Crippen molar-refractivity contribution in [2.75, 3.05) is 7.11 Å². The molecule has 1 atom stereocenters. The molecule has 7 heteroatoms. The third kappa shape index (κ3) is 4.65. The molecule has 172 valence electrons. The molecule has 2 aromatic heterocycles. The summed E-state index contributed by atoms with van der Waals surface area (Å²) >= 11 is 1.77. The Hall–Kier alpha value is -3.71. The highest BCUT2D eigenvalue weighted by atomic mass is 32.1. The smallest absolute Gasteiger partial charge is 0.149 e. The summed E-state index contributed by atoms with van der Waals surface area (Å²) in [5.41, 5.74) is 6.06. The zero-order chi connectivity index (χ0) is 23.5. The second-order valence-corrected chi connectivity index (χ2v) is 9.38. The van der Waals surface area contributed by atoms with Gasteiger partial charge in [-0.25, -0.2) is 5.10 Å². The fraction of sp³-hybridized carbons (Fsp3) is 0.222. The first-order chi connectivity index (χ1) is 16.6. The van der Waals surface area contributed by atoms with Gasteiger partial charge in [0.2, 0.25) is 0 Å². The number of fused-ring (bicyclic) bond motifs is 1. The third-order valence-corrected chi connectivity index (χ3v) is 7.07. The van der Waals surface area contributed by atoms with Crippen LogP contribution in [0, 0.1) is 6.92 Å². The van der Waals surface area contributed by atoms with Crippen LogP contribution < -0.4 is 9.47 Å². The topological polar surface area (TPSA) is 72.9 Å². The van der Waals surface area contributed by atoms with Gasteiger partial charge in [-0.3, -0.25) is 0 Å². The summed E-state index contributed by atoms with van der Waals surface area (Å²) in [7, 11) is 1.70. The number of ether oxygens (including phenoxy) is 2. The maximum absolute atomic E-state index is 6.11. The van der Waals surface area contributed by atoms with Crippen LogP contribution >= 0.6 is 11.3 Å². The van der Waals surface area contributed by atoms with Gasteiger partial charge in [0.1, 0.15) is 23.9 Å². The number of nitrogens with zero attached hydrogens (tertiary/aromatic N) is 3. The minimum Gasteiger partial charge on any atom is -0.497 e. The predicted molar refractivity (Wildman–Crippen MR) is 136 cm³/mol.